The minimum atomic E-state index is -0.494. The minimum absolute atomic E-state index is 0.289. The Labute approximate surface area is 118 Å². The molecule has 1 aromatic carbocycles. The number of likely N-dealkylation sites (tertiary alicyclic amines) is 1. The number of nitrogens with zero attached hydrogens (tertiary/aromatic N) is 1. The van der Waals surface area contributed by atoms with Gasteiger partial charge in [-0.2, -0.15) is 0 Å². The Balaban J connectivity index is 1.89. The number of nitrogen functional groups attached to an aromatic ring is 1. The molecule has 2 aliphatic heterocycles. The zero-order valence-corrected chi connectivity index (χ0v) is 12.1. The van der Waals surface area contributed by atoms with Crippen molar-refractivity contribution in [3.05, 3.63) is 23.8 Å². The van der Waals surface area contributed by atoms with Gasteiger partial charge in [-0.25, -0.2) is 4.79 Å². The first-order valence-corrected chi connectivity index (χ1v) is 6.85. The number of carbonyl (C=O) groups excluding carboxylic acids is 1. The standard InChI is InChI=1S/C15H20N2O3/c1-14(2,3)20-13(18)17-7-6-15(17)9-19-12-5-4-10(16)8-11(12)15/h4-5,8H,6-7,9,16H2,1-3H3. The molecule has 1 fully saturated rings. The number of nitrogens with two attached hydrogens (primary N) is 1. The van der Waals surface area contributed by atoms with E-state index in [1.807, 2.05) is 39.0 Å². The normalized spacial score (nSPS) is 24.1. The predicted octanol–water partition coefficient (Wildman–Crippen LogP) is 2.50. The van der Waals surface area contributed by atoms with E-state index in [0.29, 0.717) is 18.8 Å². The van der Waals surface area contributed by atoms with E-state index in [2.05, 4.69) is 0 Å². The van der Waals surface area contributed by atoms with Crippen molar-refractivity contribution in [2.45, 2.75) is 38.3 Å². The fourth-order valence-corrected chi connectivity index (χ4v) is 2.82. The average Bonchev–Trinajstić information content (AvgIpc) is 2.65. The quantitative estimate of drug-likeness (QED) is 0.739. The zero-order chi connectivity index (χ0) is 14.5. The van der Waals surface area contributed by atoms with Crippen LogP contribution < -0.4 is 10.5 Å². The summed E-state index contributed by atoms with van der Waals surface area (Å²) in [6, 6.07) is 5.58. The summed E-state index contributed by atoms with van der Waals surface area (Å²) in [6.07, 6.45) is 0.588. The number of ether oxygens (including phenoxy) is 2. The molecule has 0 saturated carbocycles. The number of carbonyl (C=O) groups is 1. The molecule has 2 heterocycles. The fraction of sp³-hybridized carbons (Fsp3) is 0.533. The highest BCUT2D eigenvalue weighted by molar-refractivity contribution is 5.72. The Bertz CT molecular complexity index is 565. The molecule has 0 aliphatic carbocycles. The third kappa shape index (κ3) is 1.88. The lowest BCUT2D eigenvalue weighted by atomic mass is 9.80. The summed E-state index contributed by atoms with van der Waals surface area (Å²) in [5.74, 6) is 0.812. The Kier molecular flexibility index (Phi) is 2.64. The van der Waals surface area contributed by atoms with Gasteiger partial charge in [-0.15, -0.1) is 0 Å². The van der Waals surface area contributed by atoms with Crippen LogP contribution in [0.3, 0.4) is 0 Å². The summed E-state index contributed by atoms with van der Waals surface area (Å²) in [6.45, 7) is 6.77. The molecule has 1 spiro atoms. The molecular formula is C15H20N2O3. The van der Waals surface area contributed by atoms with Crippen LogP contribution in [-0.4, -0.2) is 29.7 Å². The molecule has 20 heavy (non-hydrogen) atoms. The van der Waals surface area contributed by atoms with Gasteiger partial charge >= 0.3 is 6.09 Å². The van der Waals surface area contributed by atoms with Gasteiger partial charge in [0.1, 0.15) is 23.5 Å². The minimum Gasteiger partial charge on any atom is -0.490 e. The molecule has 5 nitrogen and oxygen atoms in total. The highest BCUT2D eigenvalue weighted by Crippen LogP contribution is 2.50. The van der Waals surface area contributed by atoms with Crippen molar-refractivity contribution in [3.8, 4) is 5.75 Å². The topological polar surface area (TPSA) is 64.8 Å². The first-order chi connectivity index (χ1) is 9.32. The van der Waals surface area contributed by atoms with Gasteiger partial charge in [0, 0.05) is 17.8 Å². The molecule has 1 atom stereocenters. The van der Waals surface area contributed by atoms with Crippen molar-refractivity contribution in [2.24, 2.45) is 0 Å². The van der Waals surface area contributed by atoms with E-state index in [0.717, 1.165) is 17.7 Å². The van der Waals surface area contributed by atoms with Crippen LogP contribution in [0.2, 0.25) is 0 Å². The van der Waals surface area contributed by atoms with Crippen molar-refractivity contribution >= 4 is 11.8 Å². The van der Waals surface area contributed by atoms with Crippen molar-refractivity contribution in [3.63, 3.8) is 0 Å². The molecule has 0 bridgehead atoms. The summed E-state index contributed by atoms with van der Waals surface area (Å²) in [4.78, 5) is 14.1. The lowest BCUT2D eigenvalue weighted by Crippen LogP contribution is -2.61. The van der Waals surface area contributed by atoms with E-state index in [9.17, 15) is 4.79 Å². The molecule has 3 rings (SSSR count). The third-order valence-electron chi connectivity index (χ3n) is 3.85. The van der Waals surface area contributed by atoms with Gasteiger partial charge in [-0.1, -0.05) is 0 Å². The maximum absolute atomic E-state index is 12.3. The number of hydrogen-bond acceptors (Lipinski definition) is 4. The Morgan fingerprint density at radius 2 is 2.20 bits per heavy atom. The number of benzene rings is 1. The van der Waals surface area contributed by atoms with Crippen molar-refractivity contribution in [1.29, 1.82) is 0 Å². The second-order valence-corrected chi connectivity index (χ2v) is 6.46. The summed E-state index contributed by atoms with van der Waals surface area (Å²) < 4.78 is 11.2. The van der Waals surface area contributed by atoms with Crippen LogP contribution >= 0.6 is 0 Å². The summed E-state index contributed by atoms with van der Waals surface area (Å²) >= 11 is 0. The Morgan fingerprint density at radius 3 is 2.80 bits per heavy atom. The average molecular weight is 276 g/mol. The van der Waals surface area contributed by atoms with Crippen LogP contribution in [0, 0.1) is 0 Å². The van der Waals surface area contributed by atoms with Crippen molar-refractivity contribution < 1.29 is 14.3 Å². The largest absolute Gasteiger partial charge is 0.490 e. The SMILES string of the molecule is CC(C)(C)OC(=O)N1CCC12COc1ccc(N)cc12. The van der Waals surface area contributed by atoms with Gasteiger partial charge in [0.2, 0.25) is 0 Å². The van der Waals surface area contributed by atoms with Gasteiger partial charge in [-0.05, 0) is 45.4 Å². The molecule has 5 heteroatoms. The fourth-order valence-electron chi connectivity index (χ4n) is 2.82. The molecular weight excluding hydrogens is 256 g/mol. The van der Waals surface area contributed by atoms with Gasteiger partial charge in [0.05, 0.1) is 0 Å². The molecule has 1 unspecified atom stereocenters. The number of amides is 1. The van der Waals surface area contributed by atoms with Crippen molar-refractivity contribution in [1.82, 2.24) is 4.90 Å². The van der Waals surface area contributed by atoms with Crippen LogP contribution in [0.1, 0.15) is 32.8 Å². The van der Waals surface area contributed by atoms with E-state index in [1.54, 1.807) is 4.90 Å². The van der Waals surface area contributed by atoms with Crippen LogP contribution in [0.4, 0.5) is 10.5 Å². The summed E-state index contributed by atoms with van der Waals surface area (Å²) in [5.41, 5.74) is 6.65. The second-order valence-electron chi connectivity index (χ2n) is 6.46. The van der Waals surface area contributed by atoms with E-state index in [4.69, 9.17) is 15.2 Å². The van der Waals surface area contributed by atoms with Gasteiger partial charge < -0.3 is 15.2 Å². The maximum Gasteiger partial charge on any atom is 0.411 e. The van der Waals surface area contributed by atoms with Gasteiger partial charge in [0.25, 0.3) is 0 Å². The lowest BCUT2D eigenvalue weighted by Gasteiger charge is -2.49. The zero-order valence-electron chi connectivity index (χ0n) is 12.1. The molecule has 0 aromatic heterocycles. The second kappa shape index (κ2) is 4.04. The smallest absolute Gasteiger partial charge is 0.411 e. The maximum atomic E-state index is 12.3. The number of fused-ring (bicyclic) bond motifs is 2. The molecule has 2 N–H and O–H groups in total. The van der Waals surface area contributed by atoms with Crippen LogP contribution in [0.15, 0.2) is 18.2 Å². The molecule has 1 saturated heterocycles. The van der Waals surface area contributed by atoms with Crippen LogP contribution in [0.5, 0.6) is 5.75 Å². The monoisotopic (exact) mass is 276 g/mol. The Hall–Kier alpha value is -1.91. The van der Waals surface area contributed by atoms with Crippen LogP contribution in [-0.2, 0) is 10.3 Å². The third-order valence-corrected chi connectivity index (χ3v) is 3.85. The lowest BCUT2D eigenvalue weighted by molar-refractivity contribution is -0.0539. The highest BCUT2D eigenvalue weighted by atomic mass is 16.6. The van der Waals surface area contributed by atoms with E-state index >= 15 is 0 Å². The van der Waals surface area contributed by atoms with E-state index in [1.165, 1.54) is 0 Å². The molecule has 2 aliphatic rings. The molecule has 108 valence electrons. The number of rotatable bonds is 0. The molecule has 1 amide bonds. The van der Waals surface area contributed by atoms with Crippen LogP contribution in [0.25, 0.3) is 0 Å². The number of anilines is 1. The summed E-state index contributed by atoms with van der Waals surface area (Å²) in [5, 5.41) is 0. The number of hydrogen-bond donors (Lipinski definition) is 1. The van der Waals surface area contributed by atoms with Crippen molar-refractivity contribution in [2.75, 3.05) is 18.9 Å². The molecule has 1 aromatic rings. The Morgan fingerprint density at radius 1 is 1.45 bits per heavy atom. The van der Waals surface area contributed by atoms with Gasteiger partial charge in [-0.3, -0.25) is 4.90 Å². The summed E-state index contributed by atoms with van der Waals surface area (Å²) in [7, 11) is 0. The van der Waals surface area contributed by atoms with E-state index in [-0.39, 0.29) is 6.09 Å². The van der Waals surface area contributed by atoms with E-state index < -0.39 is 11.1 Å². The molecule has 0 radical (unpaired) electrons. The first kappa shape index (κ1) is 13.1. The first-order valence-electron chi connectivity index (χ1n) is 6.85. The van der Waals surface area contributed by atoms with Gasteiger partial charge in [0.15, 0.2) is 0 Å². The predicted molar refractivity (Wildman–Crippen MR) is 75.6 cm³/mol. The highest BCUT2D eigenvalue weighted by Gasteiger charge is 2.55.